The maximum atomic E-state index is 6.13. The molecule has 0 unspecified atom stereocenters. The lowest BCUT2D eigenvalue weighted by Crippen LogP contribution is -2.31. The Morgan fingerprint density at radius 2 is 2.06 bits per heavy atom. The smallest absolute Gasteiger partial charge is 0.133 e. The Bertz CT molecular complexity index is 425. The molecule has 0 aliphatic heterocycles. The molecule has 1 fully saturated rings. The van der Waals surface area contributed by atoms with Crippen LogP contribution in [0.25, 0.3) is 0 Å². The summed E-state index contributed by atoms with van der Waals surface area (Å²) in [6.45, 7) is 9.80. The fourth-order valence-corrected chi connectivity index (χ4v) is 2.76. The molecule has 2 nitrogen and oxygen atoms in total. The van der Waals surface area contributed by atoms with Crippen molar-refractivity contribution in [3.05, 3.63) is 22.9 Å². The van der Waals surface area contributed by atoms with Gasteiger partial charge in [0.25, 0.3) is 0 Å². The number of rotatable bonds is 5. The highest BCUT2D eigenvalue weighted by molar-refractivity contribution is 6.17. The third-order valence-corrected chi connectivity index (χ3v) is 3.68. The average Bonchev–Trinajstić information content (AvgIpc) is 3.08. The largest absolute Gasteiger partial charge is 0.353 e. The van der Waals surface area contributed by atoms with Crippen molar-refractivity contribution in [1.82, 2.24) is 4.98 Å². The van der Waals surface area contributed by atoms with Crippen LogP contribution in [0.5, 0.6) is 0 Å². The lowest BCUT2D eigenvalue weighted by molar-refractivity contribution is 0.601. The van der Waals surface area contributed by atoms with Crippen molar-refractivity contribution in [2.45, 2.75) is 52.5 Å². The van der Waals surface area contributed by atoms with Gasteiger partial charge in [0.05, 0.1) is 5.88 Å². The van der Waals surface area contributed by atoms with Crippen LogP contribution in [0.15, 0.2) is 6.07 Å². The zero-order valence-corrected chi connectivity index (χ0v) is 12.6. The Kier molecular flexibility index (Phi) is 4.16. The van der Waals surface area contributed by atoms with E-state index >= 15 is 0 Å². The van der Waals surface area contributed by atoms with Crippen LogP contribution in [-0.4, -0.2) is 17.6 Å². The summed E-state index contributed by atoms with van der Waals surface area (Å²) in [4.78, 5) is 7.24. The van der Waals surface area contributed by atoms with E-state index in [4.69, 9.17) is 16.6 Å². The number of alkyl halides is 1. The topological polar surface area (TPSA) is 16.1 Å². The van der Waals surface area contributed by atoms with Gasteiger partial charge in [-0.1, -0.05) is 13.8 Å². The molecule has 0 amide bonds. The number of pyridine rings is 1. The number of anilines is 1. The van der Waals surface area contributed by atoms with E-state index in [2.05, 4.69) is 38.7 Å². The zero-order chi connectivity index (χ0) is 13.3. The molecule has 2 rings (SSSR count). The highest BCUT2D eigenvalue weighted by Gasteiger charge is 2.31. The Hall–Kier alpha value is -0.760. The molecule has 0 aromatic carbocycles. The van der Waals surface area contributed by atoms with Crippen molar-refractivity contribution in [2.24, 2.45) is 5.92 Å². The SMILES string of the molecule is Cc1cc(C)c(CCl)c(N(CC(C)C)C2CC2)n1. The van der Waals surface area contributed by atoms with Crippen molar-refractivity contribution in [2.75, 3.05) is 11.4 Å². The van der Waals surface area contributed by atoms with Gasteiger partial charge in [0.15, 0.2) is 0 Å². The van der Waals surface area contributed by atoms with Crippen LogP contribution in [0, 0.1) is 19.8 Å². The van der Waals surface area contributed by atoms with Crippen LogP contribution in [-0.2, 0) is 5.88 Å². The minimum atomic E-state index is 0.551. The molecule has 1 aromatic rings. The molecule has 0 N–H and O–H groups in total. The Balaban J connectivity index is 2.39. The summed E-state index contributed by atoms with van der Waals surface area (Å²) < 4.78 is 0. The van der Waals surface area contributed by atoms with Crippen molar-refractivity contribution in [3.8, 4) is 0 Å². The Morgan fingerprint density at radius 3 is 2.56 bits per heavy atom. The predicted octanol–water partition coefficient (Wildman–Crippen LogP) is 4.06. The number of aromatic nitrogens is 1. The standard InChI is InChI=1S/C15H23ClN2/c1-10(2)9-18(13-5-6-13)15-14(8-16)11(3)7-12(4)17-15/h7,10,13H,5-6,8-9H2,1-4H3. The molecule has 0 spiro atoms. The number of aryl methyl sites for hydroxylation is 2. The monoisotopic (exact) mass is 266 g/mol. The molecule has 3 heteroatoms. The molecule has 0 saturated heterocycles. The first-order valence-electron chi connectivity index (χ1n) is 6.82. The summed E-state index contributed by atoms with van der Waals surface area (Å²) in [6.07, 6.45) is 2.59. The van der Waals surface area contributed by atoms with E-state index in [1.165, 1.54) is 24.0 Å². The van der Waals surface area contributed by atoms with Crippen LogP contribution < -0.4 is 4.90 Å². The number of hydrogen-bond donors (Lipinski definition) is 0. The van der Waals surface area contributed by atoms with E-state index < -0.39 is 0 Å². The van der Waals surface area contributed by atoms with Gasteiger partial charge < -0.3 is 4.90 Å². The van der Waals surface area contributed by atoms with E-state index in [1.807, 2.05) is 0 Å². The lowest BCUT2D eigenvalue weighted by Gasteiger charge is -2.28. The van der Waals surface area contributed by atoms with E-state index in [1.54, 1.807) is 0 Å². The highest BCUT2D eigenvalue weighted by Crippen LogP contribution is 2.34. The van der Waals surface area contributed by atoms with Crippen LogP contribution in [0.4, 0.5) is 5.82 Å². The van der Waals surface area contributed by atoms with Gasteiger partial charge in [0.1, 0.15) is 5.82 Å². The fourth-order valence-electron chi connectivity index (χ4n) is 2.43. The first-order valence-corrected chi connectivity index (χ1v) is 7.36. The molecule has 0 atom stereocenters. The van der Waals surface area contributed by atoms with E-state index in [-0.39, 0.29) is 0 Å². The van der Waals surface area contributed by atoms with Crippen LogP contribution >= 0.6 is 11.6 Å². The molecule has 18 heavy (non-hydrogen) atoms. The van der Waals surface area contributed by atoms with Gasteiger partial charge in [-0.05, 0) is 44.2 Å². The first kappa shape index (κ1) is 13.7. The van der Waals surface area contributed by atoms with Crippen molar-refractivity contribution >= 4 is 17.4 Å². The van der Waals surface area contributed by atoms with Crippen LogP contribution in [0.2, 0.25) is 0 Å². The molecule has 0 radical (unpaired) electrons. The maximum Gasteiger partial charge on any atom is 0.133 e. The normalized spacial score (nSPS) is 15.2. The van der Waals surface area contributed by atoms with Crippen molar-refractivity contribution < 1.29 is 0 Å². The summed E-state index contributed by atoms with van der Waals surface area (Å²) in [6, 6.07) is 2.81. The molecule has 100 valence electrons. The molecule has 1 heterocycles. The second kappa shape index (κ2) is 5.48. The third kappa shape index (κ3) is 2.97. The van der Waals surface area contributed by atoms with Gasteiger partial charge >= 0.3 is 0 Å². The summed E-state index contributed by atoms with van der Waals surface area (Å²) in [7, 11) is 0. The summed E-state index contributed by atoms with van der Waals surface area (Å²) in [5, 5.41) is 0. The molecule has 1 saturated carbocycles. The van der Waals surface area contributed by atoms with Gasteiger partial charge in [0, 0.05) is 23.8 Å². The quantitative estimate of drug-likeness (QED) is 0.747. The number of halogens is 1. The fraction of sp³-hybridized carbons (Fsp3) is 0.667. The summed E-state index contributed by atoms with van der Waals surface area (Å²) in [5.74, 6) is 2.32. The van der Waals surface area contributed by atoms with Gasteiger partial charge in [-0.2, -0.15) is 0 Å². The van der Waals surface area contributed by atoms with Crippen molar-refractivity contribution in [1.29, 1.82) is 0 Å². The van der Waals surface area contributed by atoms with Crippen molar-refractivity contribution in [3.63, 3.8) is 0 Å². The van der Waals surface area contributed by atoms with Crippen LogP contribution in [0.3, 0.4) is 0 Å². The molecular formula is C15H23ClN2. The first-order chi connectivity index (χ1) is 8.52. The molecule has 0 bridgehead atoms. The van der Waals surface area contributed by atoms with Gasteiger partial charge in [-0.15, -0.1) is 11.6 Å². The minimum Gasteiger partial charge on any atom is -0.353 e. The van der Waals surface area contributed by atoms with E-state index in [9.17, 15) is 0 Å². The second-order valence-electron chi connectivity index (χ2n) is 5.79. The molecule has 1 aliphatic carbocycles. The van der Waals surface area contributed by atoms with Gasteiger partial charge in [-0.3, -0.25) is 0 Å². The zero-order valence-electron chi connectivity index (χ0n) is 11.8. The van der Waals surface area contributed by atoms with Gasteiger partial charge in [0.2, 0.25) is 0 Å². The van der Waals surface area contributed by atoms with E-state index in [0.29, 0.717) is 17.8 Å². The second-order valence-corrected chi connectivity index (χ2v) is 6.06. The molecule has 1 aromatic heterocycles. The highest BCUT2D eigenvalue weighted by atomic mass is 35.5. The predicted molar refractivity (Wildman–Crippen MR) is 78.5 cm³/mol. The number of hydrogen-bond acceptors (Lipinski definition) is 2. The van der Waals surface area contributed by atoms with Crippen LogP contribution in [0.1, 0.15) is 43.5 Å². The lowest BCUT2D eigenvalue weighted by atomic mass is 10.1. The Morgan fingerprint density at radius 1 is 1.39 bits per heavy atom. The molecular weight excluding hydrogens is 244 g/mol. The number of nitrogens with zero attached hydrogens (tertiary/aromatic N) is 2. The average molecular weight is 267 g/mol. The summed E-state index contributed by atoms with van der Waals surface area (Å²) >= 11 is 6.13. The van der Waals surface area contributed by atoms with Gasteiger partial charge in [-0.25, -0.2) is 4.98 Å². The third-order valence-electron chi connectivity index (χ3n) is 3.41. The summed E-state index contributed by atoms with van der Waals surface area (Å²) in [5.41, 5.74) is 3.56. The van der Waals surface area contributed by atoms with E-state index in [0.717, 1.165) is 18.1 Å². The Labute approximate surface area is 115 Å². The maximum absolute atomic E-state index is 6.13. The minimum absolute atomic E-state index is 0.551. The molecule has 1 aliphatic rings.